The van der Waals surface area contributed by atoms with Gasteiger partial charge in [-0.2, -0.15) is 0 Å². The SMILES string of the molecule is CC(O)Cc1ccc(OCc2ccc(Cl)c(Cl)c2)cc1. The predicted molar refractivity (Wildman–Crippen MR) is 82.6 cm³/mol. The van der Waals surface area contributed by atoms with Gasteiger partial charge in [-0.05, 0) is 48.7 Å². The predicted octanol–water partition coefficient (Wildman–Crippen LogP) is 4.50. The molecule has 0 radical (unpaired) electrons. The Balaban J connectivity index is 1.95. The standard InChI is InChI=1S/C16H16Cl2O2/c1-11(19)8-12-2-5-14(6-3-12)20-10-13-4-7-15(17)16(18)9-13/h2-7,9,11,19H,8,10H2,1H3. The Labute approximate surface area is 128 Å². The number of aliphatic hydroxyl groups excluding tert-OH is 1. The lowest BCUT2D eigenvalue weighted by molar-refractivity contribution is 0.195. The zero-order valence-electron chi connectivity index (χ0n) is 11.1. The number of rotatable bonds is 5. The maximum atomic E-state index is 9.32. The number of aliphatic hydroxyl groups is 1. The monoisotopic (exact) mass is 310 g/mol. The fourth-order valence-corrected chi connectivity index (χ4v) is 2.18. The van der Waals surface area contributed by atoms with Crippen molar-refractivity contribution in [3.8, 4) is 5.75 Å². The van der Waals surface area contributed by atoms with Crippen molar-refractivity contribution < 1.29 is 9.84 Å². The number of ether oxygens (including phenoxy) is 1. The summed E-state index contributed by atoms with van der Waals surface area (Å²) < 4.78 is 5.68. The zero-order valence-corrected chi connectivity index (χ0v) is 12.7. The number of halogens is 2. The second-order valence-corrected chi connectivity index (χ2v) is 5.55. The van der Waals surface area contributed by atoms with Crippen LogP contribution in [0.15, 0.2) is 42.5 Å². The summed E-state index contributed by atoms with van der Waals surface area (Å²) >= 11 is 11.8. The highest BCUT2D eigenvalue weighted by Gasteiger charge is 2.02. The van der Waals surface area contributed by atoms with Crippen LogP contribution in [0.25, 0.3) is 0 Å². The van der Waals surface area contributed by atoms with Crippen LogP contribution in [-0.2, 0) is 13.0 Å². The van der Waals surface area contributed by atoms with Gasteiger partial charge in [0.1, 0.15) is 12.4 Å². The van der Waals surface area contributed by atoms with Gasteiger partial charge in [0.05, 0.1) is 16.1 Å². The van der Waals surface area contributed by atoms with Crippen molar-refractivity contribution in [3.63, 3.8) is 0 Å². The molecule has 0 amide bonds. The highest BCUT2D eigenvalue weighted by molar-refractivity contribution is 6.42. The lowest BCUT2D eigenvalue weighted by Gasteiger charge is -2.09. The number of benzene rings is 2. The van der Waals surface area contributed by atoms with Crippen molar-refractivity contribution in [3.05, 3.63) is 63.6 Å². The minimum atomic E-state index is -0.335. The van der Waals surface area contributed by atoms with Gasteiger partial charge < -0.3 is 9.84 Å². The first kappa shape index (κ1) is 15.2. The van der Waals surface area contributed by atoms with Gasteiger partial charge in [-0.3, -0.25) is 0 Å². The summed E-state index contributed by atoms with van der Waals surface area (Å²) in [4.78, 5) is 0. The Morgan fingerprint density at radius 1 is 1.00 bits per heavy atom. The lowest BCUT2D eigenvalue weighted by atomic mass is 10.1. The summed E-state index contributed by atoms with van der Waals surface area (Å²) in [5.74, 6) is 0.783. The van der Waals surface area contributed by atoms with Crippen molar-refractivity contribution >= 4 is 23.2 Å². The molecule has 2 aromatic rings. The molecule has 0 aliphatic heterocycles. The van der Waals surface area contributed by atoms with E-state index in [-0.39, 0.29) is 6.10 Å². The fraction of sp³-hybridized carbons (Fsp3) is 0.250. The quantitative estimate of drug-likeness (QED) is 0.881. The first-order chi connectivity index (χ1) is 9.54. The maximum absolute atomic E-state index is 9.32. The molecule has 0 saturated heterocycles. The van der Waals surface area contributed by atoms with Crippen LogP contribution in [0.2, 0.25) is 10.0 Å². The molecule has 1 unspecified atom stereocenters. The van der Waals surface area contributed by atoms with Gasteiger partial charge in [-0.25, -0.2) is 0 Å². The van der Waals surface area contributed by atoms with Gasteiger partial charge in [0.15, 0.2) is 0 Å². The molecule has 0 aromatic heterocycles. The van der Waals surface area contributed by atoms with Gasteiger partial charge in [0.25, 0.3) is 0 Å². The van der Waals surface area contributed by atoms with Crippen LogP contribution in [0.1, 0.15) is 18.1 Å². The molecule has 20 heavy (non-hydrogen) atoms. The first-order valence-corrected chi connectivity index (χ1v) is 7.14. The molecule has 0 aliphatic carbocycles. The summed E-state index contributed by atoms with van der Waals surface area (Å²) in [6.07, 6.45) is 0.311. The number of hydrogen-bond donors (Lipinski definition) is 1. The molecular formula is C16H16Cl2O2. The van der Waals surface area contributed by atoms with E-state index >= 15 is 0 Å². The molecule has 2 rings (SSSR count). The van der Waals surface area contributed by atoms with E-state index in [1.807, 2.05) is 30.3 Å². The molecule has 1 atom stereocenters. The molecule has 0 saturated carbocycles. The molecule has 0 bridgehead atoms. The highest BCUT2D eigenvalue weighted by atomic mass is 35.5. The maximum Gasteiger partial charge on any atom is 0.119 e. The normalized spacial score (nSPS) is 12.2. The summed E-state index contributed by atoms with van der Waals surface area (Å²) in [7, 11) is 0. The minimum Gasteiger partial charge on any atom is -0.489 e. The Morgan fingerprint density at radius 2 is 1.65 bits per heavy atom. The van der Waals surface area contributed by atoms with Crippen LogP contribution in [0.3, 0.4) is 0 Å². The third-order valence-electron chi connectivity index (χ3n) is 2.84. The Kier molecular flexibility index (Phi) is 5.30. The van der Waals surface area contributed by atoms with E-state index in [1.54, 1.807) is 19.1 Å². The van der Waals surface area contributed by atoms with Crippen molar-refractivity contribution in [1.82, 2.24) is 0 Å². The van der Waals surface area contributed by atoms with E-state index in [0.717, 1.165) is 16.9 Å². The lowest BCUT2D eigenvalue weighted by Crippen LogP contribution is -2.03. The Bertz CT molecular complexity index is 565. The summed E-state index contributed by atoms with van der Waals surface area (Å²) in [6, 6.07) is 13.1. The Hall–Kier alpha value is -1.22. The van der Waals surface area contributed by atoms with Crippen molar-refractivity contribution in [2.45, 2.75) is 26.1 Å². The van der Waals surface area contributed by atoms with E-state index in [9.17, 15) is 5.11 Å². The van der Waals surface area contributed by atoms with Gasteiger partial charge >= 0.3 is 0 Å². The third-order valence-corrected chi connectivity index (χ3v) is 3.58. The fourth-order valence-electron chi connectivity index (χ4n) is 1.86. The molecular weight excluding hydrogens is 295 g/mol. The molecule has 4 heteroatoms. The average molecular weight is 311 g/mol. The van der Waals surface area contributed by atoms with Crippen LogP contribution in [-0.4, -0.2) is 11.2 Å². The van der Waals surface area contributed by atoms with Gasteiger partial charge in [-0.15, -0.1) is 0 Å². The van der Waals surface area contributed by atoms with E-state index in [4.69, 9.17) is 27.9 Å². The van der Waals surface area contributed by atoms with Crippen LogP contribution < -0.4 is 4.74 Å². The second-order valence-electron chi connectivity index (χ2n) is 4.73. The number of hydrogen-bond acceptors (Lipinski definition) is 2. The van der Waals surface area contributed by atoms with E-state index in [0.29, 0.717) is 23.1 Å². The molecule has 0 aliphatic rings. The van der Waals surface area contributed by atoms with Crippen LogP contribution in [0.5, 0.6) is 5.75 Å². The molecule has 2 nitrogen and oxygen atoms in total. The third kappa shape index (κ3) is 4.41. The molecule has 0 heterocycles. The van der Waals surface area contributed by atoms with Crippen molar-refractivity contribution in [1.29, 1.82) is 0 Å². The van der Waals surface area contributed by atoms with Crippen molar-refractivity contribution in [2.75, 3.05) is 0 Å². The summed E-state index contributed by atoms with van der Waals surface area (Å²) in [6.45, 7) is 2.21. The van der Waals surface area contributed by atoms with Crippen LogP contribution in [0.4, 0.5) is 0 Å². The molecule has 2 aromatic carbocycles. The summed E-state index contributed by atoms with van der Waals surface area (Å²) in [5.41, 5.74) is 2.05. The Morgan fingerprint density at radius 3 is 2.25 bits per heavy atom. The molecule has 0 fully saturated rings. The molecule has 106 valence electrons. The van der Waals surface area contributed by atoms with Gasteiger partial charge in [0.2, 0.25) is 0 Å². The summed E-state index contributed by atoms with van der Waals surface area (Å²) in [5, 5.41) is 10.4. The molecule has 0 spiro atoms. The van der Waals surface area contributed by atoms with E-state index in [2.05, 4.69) is 0 Å². The largest absolute Gasteiger partial charge is 0.489 e. The van der Waals surface area contributed by atoms with Crippen LogP contribution in [0, 0.1) is 0 Å². The van der Waals surface area contributed by atoms with Crippen molar-refractivity contribution in [2.24, 2.45) is 0 Å². The first-order valence-electron chi connectivity index (χ1n) is 6.38. The topological polar surface area (TPSA) is 29.5 Å². The second kappa shape index (κ2) is 6.98. The van der Waals surface area contributed by atoms with E-state index in [1.165, 1.54) is 0 Å². The molecule has 1 N–H and O–H groups in total. The van der Waals surface area contributed by atoms with E-state index < -0.39 is 0 Å². The average Bonchev–Trinajstić information content (AvgIpc) is 2.41. The van der Waals surface area contributed by atoms with Gasteiger partial charge in [0, 0.05) is 0 Å². The smallest absolute Gasteiger partial charge is 0.119 e. The van der Waals surface area contributed by atoms with Gasteiger partial charge in [-0.1, -0.05) is 41.4 Å². The van der Waals surface area contributed by atoms with Crippen LogP contribution >= 0.6 is 23.2 Å². The minimum absolute atomic E-state index is 0.335. The highest BCUT2D eigenvalue weighted by Crippen LogP contribution is 2.23. The zero-order chi connectivity index (χ0) is 14.5.